The van der Waals surface area contributed by atoms with Gasteiger partial charge in [-0.25, -0.2) is 14.6 Å². The second kappa shape index (κ2) is 6.29. The maximum atomic E-state index is 11.9. The molecule has 0 aromatic carbocycles. The van der Waals surface area contributed by atoms with Gasteiger partial charge in [0.25, 0.3) is 5.56 Å². The van der Waals surface area contributed by atoms with Gasteiger partial charge in [-0.1, -0.05) is 17.7 Å². The second-order valence-corrected chi connectivity index (χ2v) is 4.47. The molecule has 0 aliphatic carbocycles. The third-order valence-corrected chi connectivity index (χ3v) is 2.95. The van der Waals surface area contributed by atoms with Gasteiger partial charge >= 0.3 is 0 Å². The minimum Gasteiger partial charge on any atom is -0.377 e. The largest absolute Gasteiger partial charge is 0.377 e. The third-order valence-electron chi connectivity index (χ3n) is 2.58. The summed E-state index contributed by atoms with van der Waals surface area (Å²) in [6.07, 6.45) is 4.78. The lowest BCUT2D eigenvalue weighted by Gasteiger charge is -2.09. The highest BCUT2D eigenvalue weighted by atomic mass is 35.5. The number of aromatic nitrogens is 4. The molecule has 0 saturated carbocycles. The Kier molecular flexibility index (Phi) is 4.47. The number of hydrogen-bond acceptors (Lipinski definition) is 5. The van der Waals surface area contributed by atoms with Gasteiger partial charge in [-0.05, 0) is 13.0 Å². The summed E-state index contributed by atoms with van der Waals surface area (Å²) in [5.74, 6) is 0.690. The first-order chi connectivity index (χ1) is 9.61. The lowest BCUT2D eigenvalue weighted by molar-refractivity contribution is 0.653. The zero-order valence-electron chi connectivity index (χ0n) is 11.0. The van der Waals surface area contributed by atoms with Gasteiger partial charge in [0, 0.05) is 6.20 Å². The number of nitrogens with zero attached hydrogens (tertiary/aromatic N) is 4. The molecule has 2 aromatic rings. The fourth-order valence-electron chi connectivity index (χ4n) is 1.63. The van der Waals surface area contributed by atoms with E-state index in [0.717, 1.165) is 5.69 Å². The summed E-state index contributed by atoms with van der Waals surface area (Å²) < 4.78 is 1.25. The maximum absolute atomic E-state index is 11.9. The van der Waals surface area contributed by atoms with Gasteiger partial charge in [0.15, 0.2) is 0 Å². The van der Waals surface area contributed by atoms with Crippen molar-refractivity contribution in [2.24, 2.45) is 0 Å². The topological polar surface area (TPSA) is 72.7 Å². The van der Waals surface area contributed by atoms with Gasteiger partial charge in [0.1, 0.15) is 10.8 Å². The van der Waals surface area contributed by atoms with Crippen molar-refractivity contribution in [1.82, 2.24) is 19.7 Å². The quantitative estimate of drug-likeness (QED) is 0.850. The Morgan fingerprint density at radius 2 is 2.35 bits per heavy atom. The molecule has 0 atom stereocenters. The number of allylic oxidation sites excluding steroid dienone is 1. The van der Waals surface area contributed by atoms with Gasteiger partial charge in [0.05, 0.1) is 30.7 Å². The smallest absolute Gasteiger partial charge is 0.287 e. The Labute approximate surface area is 121 Å². The normalized spacial score (nSPS) is 10.3. The molecule has 0 bridgehead atoms. The van der Waals surface area contributed by atoms with Crippen LogP contribution in [0.25, 0.3) is 0 Å². The van der Waals surface area contributed by atoms with Crippen LogP contribution in [-0.4, -0.2) is 19.7 Å². The van der Waals surface area contributed by atoms with E-state index in [1.165, 1.54) is 10.9 Å². The summed E-state index contributed by atoms with van der Waals surface area (Å²) in [6, 6.07) is 1.79. The molecule has 1 N–H and O–H groups in total. The predicted octanol–water partition coefficient (Wildman–Crippen LogP) is 1.79. The van der Waals surface area contributed by atoms with Crippen LogP contribution in [-0.2, 0) is 13.1 Å². The Morgan fingerprint density at radius 1 is 1.55 bits per heavy atom. The first-order valence-corrected chi connectivity index (χ1v) is 6.38. The van der Waals surface area contributed by atoms with E-state index in [2.05, 4.69) is 27.0 Å². The van der Waals surface area contributed by atoms with Crippen LogP contribution < -0.4 is 10.9 Å². The molecular weight excluding hydrogens is 278 g/mol. The lowest BCUT2D eigenvalue weighted by atomic mass is 10.3. The molecule has 0 amide bonds. The zero-order valence-corrected chi connectivity index (χ0v) is 11.8. The van der Waals surface area contributed by atoms with E-state index in [4.69, 9.17) is 11.6 Å². The number of hydrogen-bond donors (Lipinski definition) is 1. The molecule has 20 heavy (non-hydrogen) atoms. The second-order valence-electron chi connectivity index (χ2n) is 4.10. The highest BCUT2D eigenvalue weighted by Gasteiger charge is 2.08. The molecule has 7 heteroatoms. The van der Waals surface area contributed by atoms with Crippen LogP contribution in [0.4, 0.5) is 5.69 Å². The molecule has 2 heterocycles. The highest BCUT2D eigenvalue weighted by Crippen LogP contribution is 2.15. The summed E-state index contributed by atoms with van der Waals surface area (Å²) in [5, 5.41) is 7.16. The third kappa shape index (κ3) is 3.21. The molecule has 0 saturated heterocycles. The Hall–Kier alpha value is -2.21. The van der Waals surface area contributed by atoms with Gasteiger partial charge in [-0.3, -0.25) is 4.79 Å². The molecule has 0 radical (unpaired) electrons. The number of anilines is 1. The minimum absolute atomic E-state index is 0.104. The number of aryl methyl sites for hydroxylation is 1. The van der Waals surface area contributed by atoms with Crippen molar-refractivity contribution in [3.63, 3.8) is 0 Å². The monoisotopic (exact) mass is 291 g/mol. The van der Waals surface area contributed by atoms with Crippen molar-refractivity contribution in [3.05, 3.63) is 58.0 Å². The average Bonchev–Trinajstić information content (AvgIpc) is 2.43. The predicted molar refractivity (Wildman–Crippen MR) is 77.8 cm³/mol. The van der Waals surface area contributed by atoms with Crippen molar-refractivity contribution in [2.45, 2.75) is 20.0 Å². The fraction of sp³-hybridized carbons (Fsp3) is 0.231. The van der Waals surface area contributed by atoms with Gasteiger partial charge in [-0.2, -0.15) is 5.10 Å². The number of rotatable bonds is 5. The standard InChI is InChI=1S/C13H14ClN5O/c1-3-6-19-13(20)12(14)11(8-17-19)16-7-10-4-5-15-9(2)18-10/h3-5,8,16H,1,6-7H2,2H3. The van der Waals surface area contributed by atoms with Gasteiger partial charge in [0.2, 0.25) is 0 Å². The van der Waals surface area contributed by atoms with Crippen molar-refractivity contribution < 1.29 is 0 Å². The Balaban J connectivity index is 2.16. The summed E-state index contributed by atoms with van der Waals surface area (Å²) in [6.45, 7) is 6.14. The molecule has 6 nitrogen and oxygen atoms in total. The van der Waals surface area contributed by atoms with E-state index in [9.17, 15) is 4.79 Å². The van der Waals surface area contributed by atoms with Crippen LogP contribution in [0.15, 0.2) is 35.9 Å². The van der Waals surface area contributed by atoms with Gasteiger partial charge in [-0.15, -0.1) is 6.58 Å². The van der Waals surface area contributed by atoms with Crippen LogP contribution >= 0.6 is 11.6 Å². The average molecular weight is 292 g/mol. The number of halogens is 1. The molecule has 0 fully saturated rings. The Morgan fingerprint density at radius 3 is 3.05 bits per heavy atom. The maximum Gasteiger partial charge on any atom is 0.287 e. The van der Waals surface area contributed by atoms with Crippen LogP contribution in [0.1, 0.15) is 11.5 Å². The fourth-order valence-corrected chi connectivity index (χ4v) is 1.84. The van der Waals surface area contributed by atoms with Crippen molar-refractivity contribution in [2.75, 3.05) is 5.32 Å². The van der Waals surface area contributed by atoms with E-state index in [0.29, 0.717) is 24.6 Å². The molecule has 0 aliphatic heterocycles. The molecule has 104 valence electrons. The summed E-state index contributed by atoms with van der Waals surface area (Å²) >= 11 is 6.03. The van der Waals surface area contributed by atoms with Crippen LogP contribution in [0.5, 0.6) is 0 Å². The van der Waals surface area contributed by atoms with E-state index >= 15 is 0 Å². The number of nitrogens with one attached hydrogen (secondary N) is 1. The summed E-state index contributed by atoms with van der Waals surface area (Å²) in [5.41, 5.74) is 0.938. The van der Waals surface area contributed by atoms with Crippen molar-refractivity contribution in [3.8, 4) is 0 Å². The van der Waals surface area contributed by atoms with Crippen molar-refractivity contribution >= 4 is 17.3 Å². The van der Waals surface area contributed by atoms with Gasteiger partial charge < -0.3 is 5.32 Å². The summed E-state index contributed by atoms with van der Waals surface area (Å²) in [4.78, 5) is 20.2. The zero-order chi connectivity index (χ0) is 14.5. The van der Waals surface area contributed by atoms with Crippen LogP contribution in [0.2, 0.25) is 5.02 Å². The van der Waals surface area contributed by atoms with Crippen molar-refractivity contribution in [1.29, 1.82) is 0 Å². The van der Waals surface area contributed by atoms with Crippen LogP contribution in [0.3, 0.4) is 0 Å². The van der Waals surface area contributed by atoms with E-state index in [-0.39, 0.29) is 10.6 Å². The minimum atomic E-state index is -0.351. The van der Waals surface area contributed by atoms with E-state index < -0.39 is 0 Å². The molecule has 2 aromatic heterocycles. The molecule has 0 aliphatic rings. The molecular formula is C13H14ClN5O. The molecule has 0 unspecified atom stereocenters. The SMILES string of the molecule is C=CCn1ncc(NCc2ccnc(C)n2)c(Cl)c1=O. The first kappa shape index (κ1) is 14.2. The lowest BCUT2D eigenvalue weighted by Crippen LogP contribution is -2.23. The first-order valence-electron chi connectivity index (χ1n) is 6.00. The van der Waals surface area contributed by atoms with E-state index in [1.54, 1.807) is 18.3 Å². The molecule has 2 rings (SSSR count). The van der Waals surface area contributed by atoms with E-state index in [1.807, 2.05) is 6.92 Å². The highest BCUT2D eigenvalue weighted by molar-refractivity contribution is 6.32. The molecule has 0 spiro atoms. The van der Waals surface area contributed by atoms with Crippen LogP contribution in [0, 0.1) is 6.92 Å². The summed E-state index contributed by atoms with van der Waals surface area (Å²) in [7, 11) is 0. The Bertz CT molecular complexity index is 683.